The number of nitrogens with zero attached hydrogens (tertiary/aromatic N) is 1. The lowest BCUT2D eigenvalue weighted by molar-refractivity contribution is 0.210. The van der Waals surface area contributed by atoms with Crippen molar-refractivity contribution in [2.24, 2.45) is 0 Å². The fourth-order valence-electron chi connectivity index (χ4n) is 3.81. The molecule has 0 atom stereocenters. The summed E-state index contributed by atoms with van der Waals surface area (Å²) in [6, 6.07) is 25.6. The van der Waals surface area contributed by atoms with Gasteiger partial charge in [0.15, 0.2) is 0 Å². The number of hydrazine groups is 1. The molecule has 0 unspecified atom stereocenters. The van der Waals surface area contributed by atoms with E-state index < -0.39 is 11.8 Å². The molecule has 1 aliphatic heterocycles. The van der Waals surface area contributed by atoms with Gasteiger partial charge in [0, 0.05) is 21.8 Å². The molecule has 4 aromatic rings. The van der Waals surface area contributed by atoms with Gasteiger partial charge in [-0.25, -0.2) is 18.6 Å². The van der Waals surface area contributed by atoms with Crippen molar-refractivity contribution in [3.05, 3.63) is 125 Å². The van der Waals surface area contributed by atoms with Gasteiger partial charge in [0.1, 0.15) is 23.1 Å². The first-order valence-corrected chi connectivity index (χ1v) is 11.5. The Morgan fingerprint density at radius 2 is 1.50 bits per heavy atom. The normalized spacial score (nSPS) is 12.9. The van der Waals surface area contributed by atoms with Crippen LogP contribution in [0.4, 0.5) is 19.3 Å². The van der Waals surface area contributed by atoms with Gasteiger partial charge in [0.2, 0.25) is 0 Å². The number of halogens is 3. The number of urea groups is 1. The lowest BCUT2D eigenvalue weighted by Gasteiger charge is -2.19. The van der Waals surface area contributed by atoms with E-state index in [0.29, 0.717) is 44.6 Å². The highest BCUT2D eigenvalue weighted by molar-refractivity contribution is 6.30. The zero-order valence-electron chi connectivity index (χ0n) is 18.8. The van der Waals surface area contributed by atoms with Crippen molar-refractivity contribution < 1.29 is 18.3 Å². The Kier molecular flexibility index (Phi) is 6.56. The first-order valence-electron chi connectivity index (χ1n) is 11.1. The number of rotatable bonds is 5. The zero-order chi connectivity index (χ0) is 25.1. The zero-order valence-corrected chi connectivity index (χ0v) is 19.6. The van der Waals surface area contributed by atoms with E-state index in [4.69, 9.17) is 16.3 Å². The van der Waals surface area contributed by atoms with Crippen LogP contribution in [0.3, 0.4) is 0 Å². The molecule has 0 saturated heterocycles. The number of ether oxygens (including phenoxy) is 1. The summed E-state index contributed by atoms with van der Waals surface area (Å²) in [5.74, 6) is 0.420. The number of nitrogens with one attached hydrogen (secondary N) is 2. The van der Waals surface area contributed by atoms with E-state index in [9.17, 15) is 13.6 Å². The van der Waals surface area contributed by atoms with Crippen LogP contribution in [0.5, 0.6) is 11.5 Å². The number of hydrogen-bond acceptors (Lipinski definition) is 3. The number of hydrogen-bond donors (Lipinski definition) is 2. The van der Waals surface area contributed by atoms with Gasteiger partial charge in [-0.15, -0.1) is 0 Å². The topological polar surface area (TPSA) is 53.6 Å². The molecule has 5 rings (SSSR count). The van der Waals surface area contributed by atoms with Crippen molar-refractivity contribution in [2.45, 2.75) is 0 Å². The summed E-state index contributed by atoms with van der Waals surface area (Å²) >= 11 is 5.90. The fraction of sp³-hybridized carbons (Fsp3) is 0.0357. The Morgan fingerprint density at radius 1 is 0.861 bits per heavy atom. The van der Waals surface area contributed by atoms with E-state index in [0.717, 1.165) is 0 Å². The van der Waals surface area contributed by atoms with Gasteiger partial charge in [-0.3, -0.25) is 5.43 Å². The van der Waals surface area contributed by atoms with E-state index in [1.54, 1.807) is 78.9 Å². The highest BCUT2D eigenvalue weighted by atomic mass is 35.5. The van der Waals surface area contributed by atoms with Crippen molar-refractivity contribution in [1.29, 1.82) is 0 Å². The second-order valence-electron chi connectivity index (χ2n) is 8.05. The van der Waals surface area contributed by atoms with E-state index >= 15 is 0 Å². The molecular formula is C28H20ClF2N3O2. The highest BCUT2D eigenvalue weighted by Gasteiger charge is 2.28. The molecule has 2 amide bonds. The molecule has 0 aromatic heterocycles. The molecule has 0 saturated carbocycles. The minimum absolute atomic E-state index is 0.152. The summed E-state index contributed by atoms with van der Waals surface area (Å²) in [6.45, 7) is 0.152. The van der Waals surface area contributed by atoms with Crippen LogP contribution in [0.15, 0.2) is 97.1 Å². The van der Waals surface area contributed by atoms with Gasteiger partial charge < -0.3 is 10.1 Å². The second kappa shape index (κ2) is 10.1. The molecule has 4 aromatic carbocycles. The van der Waals surface area contributed by atoms with E-state index in [2.05, 4.69) is 10.7 Å². The summed E-state index contributed by atoms with van der Waals surface area (Å²) in [5, 5.41) is 4.78. The molecule has 1 heterocycles. The molecule has 0 fully saturated rings. The van der Waals surface area contributed by atoms with Gasteiger partial charge in [-0.1, -0.05) is 35.9 Å². The summed E-state index contributed by atoms with van der Waals surface area (Å²) in [6.07, 6.45) is 0. The molecule has 1 aliphatic rings. The molecule has 5 nitrogen and oxygen atoms in total. The summed E-state index contributed by atoms with van der Waals surface area (Å²) in [7, 11) is 0. The summed E-state index contributed by atoms with van der Waals surface area (Å²) in [5.41, 5.74) is 5.67. The van der Waals surface area contributed by atoms with Gasteiger partial charge in [-0.05, 0) is 78.4 Å². The maximum Gasteiger partial charge on any atom is 0.340 e. The number of benzene rings is 4. The maximum absolute atomic E-state index is 14.6. The summed E-state index contributed by atoms with van der Waals surface area (Å²) in [4.78, 5) is 13.0. The Balaban J connectivity index is 1.31. The van der Waals surface area contributed by atoms with Gasteiger partial charge in [0.25, 0.3) is 0 Å². The van der Waals surface area contributed by atoms with E-state index in [1.807, 2.05) is 0 Å². The molecular weight excluding hydrogens is 484 g/mol. The molecule has 2 N–H and O–H groups in total. The van der Waals surface area contributed by atoms with Crippen LogP contribution in [0, 0.1) is 11.6 Å². The molecule has 0 aliphatic carbocycles. The highest BCUT2D eigenvalue weighted by Crippen LogP contribution is 2.32. The van der Waals surface area contributed by atoms with Crippen LogP contribution in [-0.2, 0) is 0 Å². The first-order chi connectivity index (χ1) is 17.5. The maximum atomic E-state index is 14.6. The molecule has 180 valence electrons. The lowest BCUT2D eigenvalue weighted by atomic mass is 10.0. The average Bonchev–Trinajstić information content (AvgIpc) is 3.33. The molecule has 8 heteroatoms. The SMILES string of the molecule is O=C(Nc1ccc(Oc2ccc(Cl)cc2)cc1)N1CC(c2ccc(F)cc2)=C(c2ccccc2F)N1. The molecule has 0 radical (unpaired) electrons. The van der Waals surface area contributed by atoms with E-state index in [-0.39, 0.29) is 12.4 Å². The third-order valence-corrected chi connectivity index (χ3v) is 5.85. The third kappa shape index (κ3) is 5.16. The summed E-state index contributed by atoms with van der Waals surface area (Å²) < 4.78 is 33.9. The minimum atomic E-state index is -0.438. The number of anilines is 1. The van der Waals surface area contributed by atoms with Crippen molar-refractivity contribution in [3.8, 4) is 11.5 Å². The van der Waals surface area contributed by atoms with E-state index in [1.165, 1.54) is 23.2 Å². The monoisotopic (exact) mass is 503 g/mol. The smallest absolute Gasteiger partial charge is 0.340 e. The molecule has 36 heavy (non-hydrogen) atoms. The van der Waals surface area contributed by atoms with Gasteiger partial charge in [-0.2, -0.15) is 0 Å². The van der Waals surface area contributed by atoms with Gasteiger partial charge >= 0.3 is 6.03 Å². The standard InChI is InChI=1S/C28H20ClF2N3O2/c29-19-7-13-22(14-8-19)36-23-15-11-21(12-16-23)32-28(35)34-17-25(18-5-9-20(30)10-6-18)27(33-34)24-3-1-2-4-26(24)31/h1-16,33H,17H2,(H,32,35). The quantitative estimate of drug-likeness (QED) is 0.300. The van der Waals surface area contributed by atoms with Crippen molar-refractivity contribution >= 4 is 34.6 Å². The van der Waals surface area contributed by atoms with Crippen LogP contribution in [0.2, 0.25) is 5.02 Å². The predicted octanol–water partition coefficient (Wildman–Crippen LogP) is 7.33. The Labute approximate surface area is 211 Å². The van der Waals surface area contributed by atoms with Crippen molar-refractivity contribution in [3.63, 3.8) is 0 Å². The third-order valence-electron chi connectivity index (χ3n) is 5.60. The van der Waals surface area contributed by atoms with Crippen LogP contribution < -0.4 is 15.5 Å². The van der Waals surface area contributed by atoms with Crippen LogP contribution in [0.1, 0.15) is 11.1 Å². The Morgan fingerprint density at radius 3 is 2.17 bits per heavy atom. The largest absolute Gasteiger partial charge is 0.457 e. The van der Waals surface area contributed by atoms with Gasteiger partial charge in [0.05, 0.1) is 12.2 Å². The molecule has 0 bridgehead atoms. The average molecular weight is 504 g/mol. The van der Waals surface area contributed by atoms with Crippen LogP contribution >= 0.6 is 11.6 Å². The predicted molar refractivity (Wildman–Crippen MR) is 136 cm³/mol. The number of amides is 2. The van der Waals surface area contributed by atoms with Crippen molar-refractivity contribution in [1.82, 2.24) is 10.4 Å². The number of carbonyl (C=O) groups is 1. The Bertz CT molecular complexity index is 1420. The molecule has 0 spiro atoms. The van der Waals surface area contributed by atoms with Crippen LogP contribution in [0.25, 0.3) is 11.3 Å². The Hall–Kier alpha value is -4.36. The first kappa shape index (κ1) is 23.4. The second-order valence-corrected chi connectivity index (χ2v) is 8.49. The fourth-order valence-corrected chi connectivity index (χ4v) is 3.94. The minimum Gasteiger partial charge on any atom is -0.457 e. The number of carbonyl (C=O) groups excluding carboxylic acids is 1. The lowest BCUT2D eigenvalue weighted by Crippen LogP contribution is -2.40. The van der Waals surface area contributed by atoms with Crippen LogP contribution in [-0.4, -0.2) is 17.6 Å². The van der Waals surface area contributed by atoms with Crippen molar-refractivity contribution in [2.75, 3.05) is 11.9 Å².